The van der Waals surface area contributed by atoms with Crippen molar-refractivity contribution in [3.8, 4) is 0 Å². The Kier molecular flexibility index (Phi) is 3.59. The Labute approximate surface area is 111 Å². The average Bonchev–Trinajstić information content (AvgIpc) is 2.85. The van der Waals surface area contributed by atoms with Crippen molar-refractivity contribution in [3.63, 3.8) is 0 Å². The zero-order valence-corrected chi connectivity index (χ0v) is 10.7. The number of hydrogen-bond acceptors (Lipinski definition) is 6. The van der Waals surface area contributed by atoms with Gasteiger partial charge in [0.2, 0.25) is 5.82 Å². The minimum absolute atomic E-state index is 0.122. The summed E-state index contributed by atoms with van der Waals surface area (Å²) >= 11 is 2.59. The van der Waals surface area contributed by atoms with Crippen LogP contribution in [0.2, 0.25) is 0 Å². The number of hydrogen-bond donors (Lipinski definition) is 1. The van der Waals surface area contributed by atoms with E-state index in [2.05, 4.69) is 9.36 Å². The fourth-order valence-electron chi connectivity index (χ4n) is 0.951. The topological polar surface area (TPSA) is 63.1 Å². The van der Waals surface area contributed by atoms with Gasteiger partial charge in [-0.2, -0.15) is 17.5 Å². The smallest absolute Gasteiger partial charge is 0.452 e. The predicted octanol–water partition coefficient (Wildman–Crippen LogP) is 3.47. The summed E-state index contributed by atoms with van der Waals surface area (Å²) in [6.07, 6.45) is -4.56. The van der Waals surface area contributed by atoms with Crippen molar-refractivity contribution >= 4 is 40.6 Å². The van der Waals surface area contributed by atoms with E-state index >= 15 is 0 Å². The minimum Gasteiger partial charge on any atom is -0.477 e. The van der Waals surface area contributed by atoms with E-state index in [1.165, 1.54) is 6.07 Å². The summed E-state index contributed by atoms with van der Waals surface area (Å²) in [5.74, 6) is -2.25. The van der Waals surface area contributed by atoms with Gasteiger partial charge in [0.25, 0.3) is 0 Å². The summed E-state index contributed by atoms with van der Waals surface area (Å²) in [4.78, 5) is 14.6. The molecule has 2 rings (SSSR count). The molecule has 18 heavy (non-hydrogen) atoms. The Bertz CT molecular complexity index is 578. The lowest BCUT2D eigenvalue weighted by molar-refractivity contribution is -0.144. The first-order valence-corrected chi connectivity index (χ1v) is 6.74. The number of carbonyl (C=O) groups is 1. The van der Waals surface area contributed by atoms with E-state index in [1.807, 2.05) is 0 Å². The molecule has 96 valence electrons. The van der Waals surface area contributed by atoms with E-state index in [-0.39, 0.29) is 9.22 Å². The molecular weight excluding hydrogens is 309 g/mol. The highest BCUT2D eigenvalue weighted by atomic mass is 32.2. The number of thiophene rings is 1. The molecule has 0 saturated heterocycles. The average molecular weight is 312 g/mol. The molecule has 0 aliphatic rings. The van der Waals surface area contributed by atoms with Gasteiger partial charge in [0.15, 0.2) is 4.34 Å². The molecule has 2 aromatic rings. The van der Waals surface area contributed by atoms with Crippen LogP contribution < -0.4 is 0 Å². The van der Waals surface area contributed by atoms with Crippen LogP contribution in [0.1, 0.15) is 15.5 Å². The van der Waals surface area contributed by atoms with Gasteiger partial charge in [-0.15, -0.1) is 11.3 Å². The van der Waals surface area contributed by atoms with E-state index in [1.54, 1.807) is 5.38 Å². The van der Waals surface area contributed by atoms with Crippen LogP contribution in [-0.2, 0) is 6.18 Å². The van der Waals surface area contributed by atoms with Crippen molar-refractivity contribution < 1.29 is 23.1 Å². The SMILES string of the molecule is O=C(O)c1cc(Sc2nc(C(F)(F)F)ns2)cs1. The molecule has 4 nitrogen and oxygen atoms in total. The van der Waals surface area contributed by atoms with Crippen molar-refractivity contribution in [1.82, 2.24) is 9.36 Å². The molecule has 2 heterocycles. The standard InChI is InChI=1S/C8H3F3N2O2S3/c9-8(10,11)6-12-7(18-13-6)17-3-1-4(5(14)15)16-2-3/h1-2H,(H,14,15). The molecule has 0 aliphatic heterocycles. The second-order valence-corrected chi connectivity index (χ2v) is 5.92. The van der Waals surface area contributed by atoms with E-state index in [9.17, 15) is 18.0 Å². The van der Waals surface area contributed by atoms with Gasteiger partial charge in [0, 0.05) is 10.3 Å². The van der Waals surface area contributed by atoms with Crippen molar-refractivity contribution in [3.05, 3.63) is 22.1 Å². The highest BCUT2D eigenvalue weighted by Crippen LogP contribution is 2.35. The third-order valence-electron chi connectivity index (χ3n) is 1.65. The van der Waals surface area contributed by atoms with Crippen molar-refractivity contribution in [2.45, 2.75) is 15.4 Å². The molecule has 2 aromatic heterocycles. The van der Waals surface area contributed by atoms with Gasteiger partial charge in [-0.05, 0) is 17.6 Å². The van der Waals surface area contributed by atoms with Crippen LogP contribution in [0.25, 0.3) is 0 Å². The summed E-state index contributed by atoms with van der Waals surface area (Å²) in [6, 6.07) is 1.38. The summed E-state index contributed by atoms with van der Waals surface area (Å²) in [5, 5.41) is 10.2. The summed E-state index contributed by atoms with van der Waals surface area (Å²) in [6.45, 7) is 0. The van der Waals surface area contributed by atoms with Gasteiger partial charge in [-0.3, -0.25) is 0 Å². The molecule has 0 spiro atoms. The van der Waals surface area contributed by atoms with Crippen LogP contribution in [0.4, 0.5) is 13.2 Å². The molecular formula is C8H3F3N2O2S3. The third-order valence-corrected chi connectivity index (χ3v) is 4.44. The Morgan fingerprint density at radius 3 is 2.67 bits per heavy atom. The molecule has 0 unspecified atom stereocenters. The first-order valence-electron chi connectivity index (χ1n) is 4.27. The van der Waals surface area contributed by atoms with Gasteiger partial charge in [0.1, 0.15) is 4.88 Å². The van der Waals surface area contributed by atoms with E-state index in [0.717, 1.165) is 23.1 Å². The molecule has 1 N–H and O–H groups in total. The lowest BCUT2D eigenvalue weighted by Crippen LogP contribution is -2.06. The number of carboxylic acids is 1. The molecule has 10 heteroatoms. The maximum atomic E-state index is 12.2. The Hall–Kier alpha value is -1.13. The number of alkyl halides is 3. The van der Waals surface area contributed by atoms with Crippen LogP contribution >= 0.6 is 34.6 Å². The lowest BCUT2D eigenvalue weighted by atomic mass is 10.5. The molecule has 0 radical (unpaired) electrons. The second kappa shape index (κ2) is 4.86. The Balaban J connectivity index is 2.14. The zero-order valence-electron chi connectivity index (χ0n) is 8.26. The highest BCUT2D eigenvalue weighted by molar-refractivity contribution is 8.01. The predicted molar refractivity (Wildman–Crippen MR) is 60.3 cm³/mol. The van der Waals surface area contributed by atoms with Crippen molar-refractivity contribution in [1.29, 1.82) is 0 Å². The molecule has 0 aromatic carbocycles. The summed E-state index contributed by atoms with van der Waals surface area (Å²) in [5.41, 5.74) is 0. The van der Waals surface area contributed by atoms with E-state index < -0.39 is 18.0 Å². The highest BCUT2D eigenvalue weighted by Gasteiger charge is 2.36. The van der Waals surface area contributed by atoms with Gasteiger partial charge >= 0.3 is 12.1 Å². The minimum atomic E-state index is -4.56. The monoisotopic (exact) mass is 312 g/mol. The number of carboxylic acid groups (broad SMARTS) is 1. The van der Waals surface area contributed by atoms with E-state index in [0.29, 0.717) is 16.4 Å². The van der Waals surface area contributed by atoms with Crippen LogP contribution in [0.3, 0.4) is 0 Å². The van der Waals surface area contributed by atoms with E-state index in [4.69, 9.17) is 5.11 Å². The Morgan fingerprint density at radius 2 is 2.17 bits per heavy atom. The van der Waals surface area contributed by atoms with Crippen molar-refractivity contribution in [2.24, 2.45) is 0 Å². The number of rotatable bonds is 3. The molecule has 0 fully saturated rings. The van der Waals surface area contributed by atoms with Gasteiger partial charge in [-0.1, -0.05) is 11.8 Å². The Morgan fingerprint density at radius 1 is 1.44 bits per heavy atom. The maximum absolute atomic E-state index is 12.2. The number of aromatic carboxylic acids is 1. The fourth-order valence-corrected chi connectivity index (χ4v) is 3.47. The van der Waals surface area contributed by atoms with Gasteiger partial charge in [-0.25, -0.2) is 9.78 Å². The van der Waals surface area contributed by atoms with Crippen molar-refractivity contribution in [2.75, 3.05) is 0 Å². The van der Waals surface area contributed by atoms with Gasteiger partial charge < -0.3 is 5.11 Å². The molecule has 0 atom stereocenters. The summed E-state index contributed by atoms with van der Waals surface area (Å²) in [7, 11) is 0. The first-order chi connectivity index (χ1) is 8.36. The van der Waals surface area contributed by atoms with Crippen LogP contribution in [0, 0.1) is 0 Å². The molecule has 0 bridgehead atoms. The summed E-state index contributed by atoms with van der Waals surface area (Å²) < 4.78 is 40.1. The number of aromatic nitrogens is 2. The van der Waals surface area contributed by atoms with Crippen LogP contribution in [0.5, 0.6) is 0 Å². The van der Waals surface area contributed by atoms with Crippen LogP contribution in [-0.4, -0.2) is 20.4 Å². The maximum Gasteiger partial charge on any atom is 0.452 e. The lowest BCUT2D eigenvalue weighted by Gasteiger charge is -1.97. The second-order valence-electron chi connectivity index (χ2n) is 2.94. The normalized spacial score (nSPS) is 11.7. The number of nitrogens with zero attached hydrogens (tertiary/aromatic N) is 2. The molecule has 0 amide bonds. The largest absolute Gasteiger partial charge is 0.477 e. The third kappa shape index (κ3) is 3.00. The fraction of sp³-hybridized carbons (Fsp3) is 0.125. The quantitative estimate of drug-likeness (QED) is 0.940. The first kappa shape index (κ1) is 13.3. The molecule has 0 aliphatic carbocycles. The van der Waals surface area contributed by atoms with Gasteiger partial charge in [0.05, 0.1) is 0 Å². The molecule has 0 saturated carbocycles. The zero-order chi connectivity index (χ0) is 13.3. The number of halogens is 3. The van der Waals surface area contributed by atoms with Crippen LogP contribution in [0.15, 0.2) is 20.7 Å².